The Balaban J connectivity index is 2.11. The third kappa shape index (κ3) is 5.96. The molecule has 0 saturated carbocycles. The van der Waals surface area contributed by atoms with Crippen molar-refractivity contribution in [1.82, 2.24) is 4.98 Å². The van der Waals surface area contributed by atoms with Crippen molar-refractivity contribution in [2.45, 2.75) is 19.8 Å². The van der Waals surface area contributed by atoms with Gasteiger partial charge in [-0.2, -0.15) is 5.26 Å². The molecule has 1 aromatic heterocycles. The van der Waals surface area contributed by atoms with Crippen LogP contribution in [0, 0.1) is 11.3 Å². The molecule has 29 heavy (non-hydrogen) atoms. The fourth-order valence-corrected chi connectivity index (χ4v) is 3.10. The largest absolute Gasteiger partial charge is 0.461 e. The molecule has 1 aromatic carbocycles. The molecule has 8 heteroatoms. The van der Waals surface area contributed by atoms with Crippen molar-refractivity contribution in [3.05, 3.63) is 70.2 Å². The number of benzene rings is 1. The van der Waals surface area contributed by atoms with Gasteiger partial charge in [-0.3, -0.25) is 9.59 Å². The second-order valence-electron chi connectivity index (χ2n) is 5.67. The number of amides is 1. The number of thiazole rings is 1. The van der Waals surface area contributed by atoms with Crippen LogP contribution >= 0.6 is 11.3 Å². The summed E-state index contributed by atoms with van der Waals surface area (Å²) >= 11 is 1.05. The Morgan fingerprint density at radius 3 is 2.62 bits per heavy atom. The first kappa shape index (κ1) is 21.7. The Morgan fingerprint density at radius 2 is 2.00 bits per heavy atom. The van der Waals surface area contributed by atoms with E-state index in [0.29, 0.717) is 11.3 Å². The third-order valence-electron chi connectivity index (χ3n) is 3.63. The number of nitrogens with zero attached hydrogens (tertiary/aromatic N) is 2. The van der Waals surface area contributed by atoms with Gasteiger partial charge in [0.15, 0.2) is 17.4 Å². The number of rotatable bonds is 8. The number of carbonyl (C=O) groups is 3. The SMILES string of the molecule is CC=CC=CC(=O)Nc1ccc(C(=O)C(C#N)c2nc(C(=O)OCC)cs2)cc1. The highest BCUT2D eigenvalue weighted by atomic mass is 32.1. The van der Waals surface area contributed by atoms with Crippen LogP contribution in [0.2, 0.25) is 0 Å². The molecular weight excluding hydrogens is 390 g/mol. The lowest BCUT2D eigenvalue weighted by Gasteiger charge is -2.07. The standard InChI is InChI=1S/C21H19N3O4S/c1-3-5-6-7-18(25)23-15-10-8-14(9-11-15)19(26)16(12-22)20-24-17(13-29-20)21(27)28-4-2/h3,5-11,13,16H,4H2,1-2H3,(H,23,25). The summed E-state index contributed by atoms with van der Waals surface area (Å²) in [5.74, 6) is -2.47. The van der Waals surface area contributed by atoms with Crippen LogP contribution in [-0.4, -0.2) is 29.3 Å². The van der Waals surface area contributed by atoms with E-state index < -0.39 is 17.7 Å². The zero-order valence-corrected chi connectivity index (χ0v) is 16.7. The molecule has 1 N–H and O–H groups in total. The van der Waals surface area contributed by atoms with Gasteiger partial charge in [-0.05, 0) is 38.1 Å². The van der Waals surface area contributed by atoms with Crippen molar-refractivity contribution >= 4 is 34.7 Å². The maximum atomic E-state index is 12.7. The highest BCUT2D eigenvalue weighted by molar-refractivity contribution is 7.10. The van der Waals surface area contributed by atoms with Crippen molar-refractivity contribution in [3.63, 3.8) is 0 Å². The van der Waals surface area contributed by atoms with E-state index in [4.69, 9.17) is 4.74 Å². The summed E-state index contributed by atoms with van der Waals surface area (Å²) in [5.41, 5.74) is 0.889. The molecule has 0 aliphatic carbocycles. The predicted molar refractivity (Wildman–Crippen MR) is 110 cm³/mol. The molecule has 0 spiro atoms. The first-order valence-corrected chi connectivity index (χ1v) is 9.64. The van der Waals surface area contributed by atoms with Crippen LogP contribution in [0.1, 0.15) is 45.6 Å². The van der Waals surface area contributed by atoms with E-state index in [1.807, 2.05) is 13.0 Å². The zero-order chi connectivity index (χ0) is 21.2. The van der Waals surface area contributed by atoms with Crippen LogP contribution in [0.5, 0.6) is 0 Å². The Hall–Kier alpha value is -3.57. The van der Waals surface area contributed by atoms with Crippen LogP contribution in [0.25, 0.3) is 0 Å². The minimum absolute atomic E-state index is 0.0731. The predicted octanol–water partition coefficient (Wildman–Crippen LogP) is 3.88. The van der Waals surface area contributed by atoms with Crippen molar-refractivity contribution in [3.8, 4) is 6.07 Å². The maximum Gasteiger partial charge on any atom is 0.357 e. The number of ketones is 1. The van der Waals surface area contributed by atoms with E-state index in [-0.39, 0.29) is 23.2 Å². The lowest BCUT2D eigenvalue weighted by Crippen LogP contribution is -2.13. The molecule has 1 amide bonds. The zero-order valence-electron chi connectivity index (χ0n) is 15.9. The number of carbonyl (C=O) groups excluding carboxylic acids is 3. The lowest BCUT2D eigenvalue weighted by atomic mass is 9.99. The summed E-state index contributed by atoms with van der Waals surface area (Å²) in [7, 11) is 0. The van der Waals surface area contributed by atoms with Crippen molar-refractivity contribution in [2.75, 3.05) is 11.9 Å². The van der Waals surface area contributed by atoms with Crippen LogP contribution in [0.4, 0.5) is 5.69 Å². The van der Waals surface area contributed by atoms with Gasteiger partial charge in [-0.1, -0.05) is 18.2 Å². The van der Waals surface area contributed by atoms with Crippen LogP contribution in [-0.2, 0) is 9.53 Å². The minimum atomic E-state index is -1.13. The number of hydrogen-bond acceptors (Lipinski definition) is 7. The summed E-state index contributed by atoms with van der Waals surface area (Å²) in [6, 6.07) is 8.15. The van der Waals surface area contributed by atoms with Gasteiger partial charge in [0.1, 0.15) is 5.01 Å². The number of nitrogens with one attached hydrogen (secondary N) is 1. The molecule has 1 unspecified atom stereocenters. The monoisotopic (exact) mass is 409 g/mol. The van der Waals surface area contributed by atoms with E-state index in [0.717, 1.165) is 11.3 Å². The van der Waals surface area contributed by atoms with E-state index in [9.17, 15) is 19.6 Å². The van der Waals surface area contributed by atoms with Gasteiger partial charge in [0.25, 0.3) is 0 Å². The number of ether oxygens (including phenoxy) is 1. The summed E-state index contributed by atoms with van der Waals surface area (Å²) in [4.78, 5) is 40.3. The molecule has 1 heterocycles. The molecule has 2 rings (SSSR count). The van der Waals surface area contributed by atoms with Gasteiger partial charge >= 0.3 is 5.97 Å². The molecule has 0 radical (unpaired) electrons. The average Bonchev–Trinajstić information content (AvgIpc) is 3.19. The molecule has 0 fully saturated rings. The Labute approximate surface area is 172 Å². The summed E-state index contributed by atoms with van der Waals surface area (Å²) in [5, 5.41) is 13.8. The number of hydrogen-bond donors (Lipinski definition) is 1. The van der Waals surface area contributed by atoms with Gasteiger partial charge < -0.3 is 10.1 Å². The topological polar surface area (TPSA) is 109 Å². The average molecular weight is 409 g/mol. The third-order valence-corrected chi connectivity index (χ3v) is 4.54. The molecule has 0 aliphatic heterocycles. The van der Waals surface area contributed by atoms with Crippen LogP contribution in [0.15, 0.2) is 53.9 Å². The van der Waals surface area contributed by atoms with Crippen molar-refractivity contribution in [1.29, 1.82) is 5.26 Å². The summed E-state index contributed by atoms with van der Waals surface area (Å²) in [6.45, 7) is 3.73. The highest BCUT2D eigenvalue weighted by Gasteiger charge is 2.26. The van der Waals surface area contributed by atoms with E-state index in [1.54, 1.807) is 37.3 Å². The van der Waals surface area contributed by atoms with Crippen molar-refractivity contribution in [2.24, 2.45) is 0 Å². The van der Waals surface area contributed by atoms with Gasteiger partial charge in [-0.15, -0.1) is 11.3 Å². The maximum absolute atomic E-state index is 12.7. The molecule has 0 saturated heterocycles. The fraction of sp³-hybridized carbons (Fsp3) is 0.190. The second kappa shape index (κ2) is 10.7. The normalized spacial score (nSPS) is 11.9. The number of allylic oxidation sites excluding steroid dienone is 3. The lowest BCUT2D eigenvalue weighted by molar-refractivity contribution is -0.111. The van der Waals surface area contributed by atoms with E-state index >= 15 is 0 Å². The number of anilines is 1. The molecule has 148 valence electrons. The Bertz CT molecular complexity index is 984. The molecule has 1 atom stereocenters. The quantitative estimate of drug-likeness (QED) is 0.307. The molecule has 0 bridgehead atoms. The smallest absolute Gasteiger partial charge is 0.357 e. The molecular formula is C21H19N3O4S. The highest BCUT2D eigenvalue weighted by Crippen LogP contribution is 2.25. The number of Topliss-reactive ketones (excluding diaryl/α,β-unsaturated/α-hetero) is 1. The molecule has 0 aliphatic rings. The number of esters is 1. The Kier molecular flexibility index (Phi) is 8.00. The van der Waals surface area contributed by atoms with Crippen LogP contribution < -0.4 is 5.32 Å². The summed E-state index contributed by atoms with van der Waals surface area (Å²) in [6.07, 6.45) is 6.53. The first-order valence-electron chi connectivity index (χ1n) is 8.77. The molecule has 7 nitrogen and oxygen atoms in total. The number of aromatic nitrogens is 1. The first-order chi connectivity index (χ1) is 14.0. The van der Waals surface area contributed by atoms with Gasteiger partial charge in [0.2, 0.25) is 5.91 Å². The summed E-state index contributed by atoms with van der Waals surface area (Å²) < 4.78 is 4.87. The van der Waals surface area contributed by atoms with Gasteiger partial charge in [0.05, 0.1) is 12.7 Å². The van der Waals surface area contributed by atoms with Gasteiger partial charge in [0, 0.05) is 22.7 Å². The Morgan fingerprint density at radius 1 is 1.28 bits per heavy atom. The number of nitriles is 1. The van der Waals surface area contributed by atoms with E-state index in [1.165, 1.54) is 23.6 Å². The fourth-order valence-electron chi connectivity index (χ4n) is 2.27. The van der Waals surface area contributed by atoms with Crippen LogP contribution in [0.3, 0.4) is 0 Å². The van der Waals surface area contributed by atoms with Gasteiger partial charge in [-0.25, -0.2) is 9.78 Å². The minimum Gasteiger partial charge on any atom is -0.461 e. The van der Waals surface area contributed by atoms with E-state index in [2.05, 4.69) is 10.3 Å². The molecule has 2 aromatic rings. The van der Waals surface area contributed by atoms with Crippen molar-refractivity contribution < 1.29 is 19.1 Å². The second-order valence-corrected chi connectivity index (χ2v) is 6.56.